The zero-order valence-corrected chi connectivity index (χ0v) is 7.05. The third-order valence-corrected chi connectivity index (χ3v) is 1.40. The van der Waals surface area contributed by atoms with Gasteiger partial charge in [-0.15, -0.1) is 6.42 Å². The van der Waals surface area contributed by atoms with Crippen molar-refractivity contribution >= 4 is 7.82 Å². The van der Waals surface area contributed by atoms with Crippen molar-refractivity contribution in [1.82, 2.24) is 0 Å². The average Bonchev–Trinajstić information content (AvgIpc) is 1.79. The summed E-state index contributed by atoms with van der Waals surface area (Å²) in [6, 6.07) is 0. The Morgan fingerprint density at radius 1 is 1.54 bits per heavy atom. The third kappa shape index (κ3) is 7.81. The molecule has 1 unspecified atom stereocenters. The number of hydrogen-bond donors (Lipinski definition) is 2. The fraction of sp³-hybridized carbons (Fsp3) is 0.600. The fourth-order valence-corrected chi connectivity index (χ4v) is 0.969. The normalized spacial score (nSPS) is 15.1. The van der Waals surface area contributed by atoms with Gasteiger partial charge in [-0.2, -0.15) is 13.2 Å². The molecule has 4 nitrogen and oxygen atoms in total. The van der Waals surface area contributed by atoms with Crippen molar-refractivity contribution in [2.24, 2.45) is 0 Å². The van der Waals surface area contributed by atoms with Gasteiger partial charge in [-0.1, -0.05) is 5.92 Å². The van der Waals surface area contributed by atoms with Crippen LogP contribution in [0.1, 0.15) is 6.42 Å². The minimum atomic E-state index is -4.97. The zero-order valence-electron chi connectivity index (χ0n) is 6.15. The Hall–Kier alpha value is -0.540. The molecule has 0 aliphatic rings. The number of halogens is 3. The van der Waals surface area contributed by atoms with E-state index in [2.05, 4.69) is 10.9 Å². The summed E-state index contributed by atoms with van der Waals surface area (Å²) in [6.07, 6.45) is -3.60. The lowest BCUT2D eigenvalue weighted by atomic mass is 10.3. The lowest BCUT2D eigenvalue weighted by molar-refractivity contribution is -0.146. The van der Waals surface area contributed by atoms with Crippen LogP contribution in [0.2, 0.25) is 0 Å². The molecular weight excluding hydrogens is 212 g/mol. The Morgan fingerprint density at radius 2 is 2.00 bits per heavy atom. The summed E-state index contributed by atoms with van der Waals surface area (Å²) in [5.74, 6) is 1.48. The monoisotopic (exact) mass is 218 g/mol. The van der Waals surface area contributed by atoms with Crippen LogP contribution in [0.5, 0.6) is 0 Å². The van der Waals surface area contributed by atoms with E-state index in [0.717, 1.165) is 0 Å². The molecule has 2 N–H and O–H groups in total. The van der Waals surface area contributed by atoms with Gasteiger partial charge in [0.05, 0.1) is 6.42 Å². The molecule has 0 amide bonds. The summed E-state index contributed by atoms with van der Waals surface area (Å²) >= 11 is 0. The second-order valence-electron chi connectivity index (χ2n) is 2.07. The molecule has 1 atom stereocenters. The smallest absolute Gasteiger partial charge is 0.303 e. The van der Waals surface area contributed by atoms with Gasteiger partial charge in [0.25, 0.3) is 0 Å². The Kier molecular flexibility index (Phi) is 3.94. The van der Waals surface area contributed by atoms with Gasteiger partial charge in [0.15, 0.2) is 0 Å². The van der Waals surface area contributed by atoms with Crippen LogP contribution in [0.15, 0.2) is 0 Å². The molecule has 0 aliphatic heterocycles. The van der Waals surface area contributed by atoms with Crippen molar-refractivity contribution in [1.29, 1.82) is 0 Å². The number of hydrogen-bond acceptors (Lipinski definition) is 2. The molecule has 0 aromatic rings. The van der Waals surface area contributed by atoms with E-state index in [1.165, 1.54) is 5.92 Å². The van der Waals surface area contributed by atoms with Crippen molar-refractivity contribution in [2.75, 3.05) is 0 Å². The van der Waals surface area contributed by atoms with Crippen LogP contribution in [0.25, 0.3) is 0 Å². The predicted octanol–water partition coefficient (Wildman–Crippen LogP) is 1.05. The highest BCUT2D eigenvalue weighted by Crippen LogP contribution is 2.39. The number of terminal acetylenes is 1. The van der Waals surface area contributed by atoms with Gasteiger partial charge in [0, 0.05) is 0 Å². The fourth-order valence-electron chi connectivity index (χ4n) is 0.503. The van der Waals surface area contributed by atoms with Gasteiger partial charge in [-0.25, -0.2) is 4.57 Å². The summed E-state index contributed by atoms with van der Waals surface area (Å²) in [5, 5.41) is 0. The Balaban J connectivity index is 4.25. The lowest BCUT2D eigenvalue weighted by Crippen LogP contribution is -2.20. The van der Waals surface area contributed by atoms with E-state index in [-0.39, 0.29) is 0 Å². The first-order valence-electron chi connectivity index (χ1n) is 2.91. The van der Waals surface area contributed by atoms with E-state index >= 15 is 0 Å². The quantitative estimate of drug-likeness (QED) is 0.548. The van der Waals surface area contributed by atoms with Gasteiger partial charge in [-0.3, -0.25) is 4.52 Å². The van der Waals surface area contributed by atoms with Crippen LogP contribution in [0.3, 0.4) is 0 Å². The SMILES string of the molecule is C#CC(CC(F)(F)F)OP(=O)(O)O. The van der Waals surface area contributed by atoms with Crippen molar-refractivity contribution in [2.45, 2.75) is 18.7 Å². The van der Waals surface area contributed by atoms with Crippen LogP contribution < -0.4 is 0 Å². The summed E-state index contributed by atoms with van der Waals surface area (Å²) in [5.41, 5.74) is 0. The Bertz CT molecular complexity index is 249. The zero-order chi connectivity index (χ0) is 10.7. The van der Waals surface area contributed by atoms with Crippen LogP contribution >= 0.6 is 7.82 Å². The molecule has 0 radical (unpaired) electrons. The molecule has 0 heterocycles. The van der Waals surface area contributed by atoms with E-state index in [4.69, 9.17) is 9.79 Å². The summed E-state index contributed by atoms with van der Waals surface area (Å²) in [6.45, 7) is 0. The number of rotatable bonds is 3. The minimum absolute atomic E-state index is 1.48. The maximum Gasteiger partial charge on any atom is 0.470 e. The van der Waals surface area contributed by atoms with E-state index in [1.807, 2.05) is 0 Å². The second-order valence-corrected chi connectivity index (χ2v) is 3.26. The van der Waals surface area contributed by atoms with Crippen molar-refractivity contribution < 1.29 is 32.0 Å². The average molecular weight is 218 g/mol. The minimum Gasteiger partial charge on any atom is -0.303 e. The third-order valence-electron chi connectivity index (χ3n) is 0.867. The van der Waals surface area contributed by atoms with Crippen molar-refractivity contribution in [3.63, 3.8) is 0 Å². The Morgan fingerprint density at radius 3 is 2.23 bits per heavy atom. The molecule has 0 saturated heterocycles. The highest BCUT2D eigenvalue weighted by atomic mass is 31.2. The summed E-state index contributed by atoms with van der Waals surface area (Å²) < 4.78 is 48.7. The van der Waals surface area contributed by atoms with E-state index < -0.39 is 26.5 Å². The second kappa shape index (κ2) is 4.11. The number of alkyl halides is 3. The van der Waals surface area contributed by atoms with Crippen molar-refractivity contribution in [3.8, 4) is 12.3 Å². The molecular formula is C5H6F3O4P. The molecule has 76 valence electrons. The van der Waals surface area contributed by atoms with Gasteiger partial charge in [-0.05, 0) is 0 Å². The van der Waals surface area contributed by atoms with Gasteiger partial charge >= 0.3 is 14.0 Å². The standard InChI is InChI=1S/C5H6F3O4P/c1-2-4(3-5(6,7)8)12-13(9,10)11/h1,4H,3H2,(H2,9,10,11). The number of phosphoric ester groups is 1. The first-order valence-corrected chi connectivity index (χ1v) is 4.44. The first kappa shape index (κ1) is 12.5. The maximum absolute atomic E-state index is 11.6. The Labute approximate surface area is 71.9 Å². The molecule has 8 heteroatoms. The molecule has 0 spiro atoms. The van der Waals surface area contributed by atoms with Gasteiger partial charge < -0.3 is 9.79 Å². The molecule has 13 heavy (non-hydrogen) atoms. The van der Waals surface area contributed by atoms with Crippen LogP contribution in [0, 0.1) is 12.3 Å². The van der Waals surface area contributed by atoms with Gasteiger partial charge in [0.1, 0.15) is 6.10 Å². The molecule has 0 saturated carbocycles. The van der Waals surface area contributed by atoms with Crippen LogP contribution in [-0.2, 0) is 9.09 Å². The first-order chi connectivity index (χ1) is 5.64. The summed E-state index contributed by atoms with van der Waals surface area (Å²) in [7, 11) is -4.97. The van der Waals surface area contributed by atoms with Crippen LogP contribution in [-0.4, -0.2) is 22.1 Å². The number of phosphoric acid groups is 1. The highest BCUT2D eigenvalue weighted by Gasteiger charge is 2.34. The van der Waals surface area contributed by atoms with E-state index in [0.29, 0.717) is 0 Å². The predicted molar refractivity (Wildman–Crippen MR) is 36.4 cm³/mol. The molecule has 0 aliphatic carbocycles. The molecule has 0 aromatic heterocycles. The molecule has 0 fully saturated rings. The van der Waals surface area contributed by atoms with Crippen molar-refractivity contribution in [3.05, 3.63) is 0 Å². The largest absolute Gasteiger partial charge is 0.470 e. The lowest BCUT2D eigenvalue weighted by Gasteiger charge is -2.14. The topological polar surface area (TPSA) is 66.8 Å². The van der Waals surface area contributed by atoms with E-state index in [1.54, 1.807) is 0 Å². The van der Waals surface area contributed by atoms with Crippen LogP contribution in [0.4, 0.5) is 13.2 Å². The molecule has 0 rings (SSSR count). The highest BCUT2D eigenvalue weighted by molar-refractivity contribution is 7.46. The van der Waals surface area contributed by atoms with Gasteiger partial charge in [0.2, 0.25) is 0 Å². The van der Waals surface area contributed by atoms with E-state index in [9.17, 15) is 17.7 Å². The molecule has 0 bridgehead atoms. The molecule has 0 aromatic carbocycles. The summed E-state index contributed by atoms with van der Waals surface area (Å²) in [4.78, 5) is 16.3. The maximum atomic E-state index is 11.6.